The Morgan fingerprint density at radius 3 is 2.62 bits per heavy atom. The Morgan fingerprint density at radius 1 is 1.33 bits per heavy atom. The number of methoxy groups -OCH3 is 1. The van der Waals surface area contributed by atoms with Gasteiger partial charge in [0.2, 0.25) is 0 Å². The van der Waals surface area contributed by atoms with E-state index >= 15 is 0 Å². The Morgan fingerprint density at radius 2 is 2.05 bits per heavy atom. The summed E-state index contributed by atoms with van der Waals surface area (Å²) in [6.07, 6.45) is 3.85. The highest BCUT2D eigenvalue weighted by molar-refractivity contribution is 5.85. The lowest BCUT2D eigenvalue weighted by Crippen LogP contribution is -2.11. The Kier molecular flexibility index (Phi) is 6.96. The largest absolute Gasteiger partial charge is 0.496 e. The summed E-state index contributed by atoms with van der Waals surface area (Å²) < 4.78 is 11.2. The van der Waals surface area contributed by atoms with Crippen molar-refractivity contribution >= 4 is 12.0 Å². The number of carboxylic acids is 1. The van der Waals surface area contributed by atoms with Crippen LogP contribution in [0.5, 0.6) is 5.75 Å². The van der Waals surface area contributed by atoms with E-state index < -0.39 is 5.97 Å². The lowest BCUT2D eigenvalue weighted by Gasteiger charge is -2.16. The van der Waals surface area contributed by atoms with Gasteiger partial charge in [-0.3, -0.25) is 0 Å². The van der Waals surface area contributed by atoms with Crippen molar-refractivity contribution in [3.63, 3.8) is 0 Å². The standard InChI is InChI=1S/C17H24O4/c1-12(2)9-13(3)21-11-15-10-14(6-8-17(18)19)5-7-16(15)20-4/h5-8,10,12-13H,9,11H2,1-4H3,(H,18,19). The van der Waals surface area contributed by atoms with Crippen molar-refractivity contribution in [3.8, 4) is 5.75 Å². The minimum atomic E-state index is -0.964. The maximum Gasteiger partial charge on any atom is 0.328 e. The van der Waals surface area contributed by atoms with Crippen LogP contribution in [0.15, 0.2) is 24.3 Å². The molecule has 0 heterocycles. The van der Waals surface area contributed by atoms with Crippen LogP contribution in [-0.2, 0) is 16.1 Å². The van der Waals surface area contributed by atoms with Crippen LogP contribution in [0.3, 0.4) is 0 Å². The summed E-state index contributed by atoms with van der Waals surface area (Å²) in [5.41, 5.74) is 1.73. The van der Waals surface area contributed by atoms with E-state index in [4.69, 9.17) is 14.6 Å². The lowest BCUT2D eigenvalue weighted by molar-refractivity contribution is -0.131. The number of hydrogen-bond donors (Lipinski definition) is 1. The van der Waals surface area contributed by atoms with Gasteiger partial charge >= 0.3 is 5.97 Å². The highest BCUT2D eigenvalue weighted by atomic mass is 16.5. The van der Waals surface area contributed by atoms with E-state index in [9.17, 15) is 4.79 Å². The minimum Gasteiger partial charge on any atom is -0.496 e. The maximum absolute atomic E-state index is 10.6. The number of benzene rings is 1. The Hall–Kier alpha value is -1.81. The van der Waals surface area contributed by atoms with E-state index in [2.05, 4.69) is 20.8 Å². The Labute approximate surface area is 126 Å². The summed E-state index contributed by atoms with van der Waals surface area (Å²) in [5.74, 6) is 0.375. The molecule has 1 N–H and O–H groups in total. The molecule has 0 amide bonds. The number of rotatable bonds is 8. The Bertz CT molecular complexity index is 492. The van der Waals surface area contributed by atoms with Crippen molar-refractivity contribution in [1.29, 1.82) is 0 Å². The zero-order chi connectivity index (χ0) is 15.8. The molecule has 21 heavy (non-hydrogen) atoms. The molecule has 0 aliphatic rings. The smallest absolute Gasteiger partial charge is 0.328 e. The molecular weight excluding hydrogens is 268 g/mol. The van der Waals surface area contributed by atoms with Gasteiger partial charge in [-0.2, -0.15) is 0 Å². The van der Waals surface area contributed by atoms with Crippen molar-refractivity contribution in [2.24, 2.45) is 5.92 Å². The van der Waals surface area contributed by atoms with Gasteiger partial charge in [0.15, 0.2) is 0 Å². The number of hydrogen-bond acceptors (Lipinski definition) is 3. The fourth-order valence-electron chi connectivity index (χ4n) is 2.15. The lowest BCUT2D eigenvalue weighted by atomic mass is 10.1. The van der Waals surface area contributed by atoms with Gasteiger partial charge in [0, 0.05) is 11.6 Å². The number of carboxylic acid groups (broad SMARTS) is 1. The van der Waals surface area contributed by atoms with E-state index in [0.717, 1.165) is 29.4 Å². The number of aliphatic carboxylic acids is 1. The first-order valence-electron chi connectivity index (χ1n) is 7.12. The molecule has 0 aromatic heterocycles. The maximum atomic E-state index is 10.6. The van der Waals surface area contributed by atoms with Crippen molar-refractivity contribution in [1.82, 2.24) is 0 Å². The molecule has 1 rings (SSSR count). The summed E-state index contributed by atoms with van der Waals surface area (Å²) in [4.78, 5) is 10.6. The molecule has 0 spiro atoms. The molecule has 0 saturated heterocycles. The van der Waals surface area contributed by atoms with E-state index in [-0.39, 0.29) is 6.10 Å². The fraction of sp³-hybridized carbons (Fsp3) is 0.471. The molecule has 0 saturated carbocycles. The second-order valence-corrected chi connectivity index (χ2v) is 5.49. The third kappa shape index (κ3) is 6.45. The highest BCUT2D eigenvalue weighted by Gasteiger charge is 2.09. The van der Waals surface area contributed by atoms with Crippen LogP contribution < -0.4 is 4.74 Å². The van der Waals surface area contributed by atoms with Gasteiger partial charge in [0.1, 0.15) is 5.75 Å². The van der Waals surface area contributed by atoms with Crippen molar-refractivity contribution in [2.45, 2.75) is 39.9 Å². The minimum absolute atomic E-state index is 0.174. The predicted molar refractivity (Wildman–Crippen MR) is 83.4 cm³/mol. The molecule has 0 radical (unpaired) electrons. The Balaban J connectivity index is 2.78. The molecule has 4 nitrogen and oxygen atoms in total. The van der Waals surface area contributed by atoms with Crippen LogP contribution in [0.1, 0.15) is 38.3 Å². The molecule has 4 heteroatoms. The molecule has 1 unspecified atom stereocenters. The van der Waals surface area contributed by atoms with Crippen molar-refractivity contribution in [3.05, 3.63) is 35.4 Å². The first-order valence-corrected chi connectivity index (χ1v) is 7.12. The van der Waals surface area contributed by atoms with Crippen LogP contribution in [0.25, 0.3) is 6.08 Å². The molecule has 116 valence electrons. The second kappa shape index (κ2) is 8.47. The zero-order valence-electron chi connectivity index (χ0n) is 13.1. The normalized spacial score (nSPS) is 12.8. The van der Waals surface area contributed by atoms with Gasteiger partial charge in [-0.15, -0.1) is 0 Å². The number of carbonyl (C=O) groups is 1. The van der Waals surface area contributed by atoms with Gasteiger partial charge in [-0.1, -0.05) is 19.9 Å². The molecule has 0 aliphatic heterocycles. The first-order chi connectivity index (χ1) is 9.92. The third-order valence-electron chi connectivity index (χ3n) is 3.05. The molecule has 0 fully saturated rings. The van der Waals surface area contributed by atoms with E-state index in [1.807, 2.05) is 18.2 Å². The number of ether oxygens (including phenoxy) is 2. The van der Waals surface area contributed by atoms with Crippen LogP contribution in [-0.4, -0.2) is 24.3 Å². The average molecular weight is 292 g/mol. The first kappa shape index (κ1) is 17.2. The van der Waals surface area contributed by atoms with Crippen LogP contribution in [0.4, 0.5) is 0 Å². The second-order valence-electron chi connectivity index (χ2n) is 5.49. The third-order valence-corrected chi connectivity index (χ3v) is 3.05. The topological polar surface area (TPSA) is 55.8 Å². The van der Waals surface area contributed by atoms with Gasteiger partial charge in [0.05, 0.1) is 19.8 Å². The van der Waals surface area contributed by atoms with Crippen LogP contribution in [0.2, 0.25) is 0 Å². The highest BCUT2D eigenvalue weighted by Crippen LogP contribution is 2.22. The summed E-state index contributed by atoms with van der Waals surface area (Å²) >= 11 is 0. The monoisotopic (exact) mass is 292 g/mol. The van der Waals surface area contributed by atoms with Gasteiger partial charge in [-0.05, 0) is 43.0 Å². The van der Waals surface area contributed by atoms with Gasteiger partial charge in [0.25, 0.3) is 0 Å². The molecular formula is C17H24O4. The van der Waals surface area contributed by atoms with E-state index in [1.165, 1.54) is 0 Å². The van der Waals surface area contributed by atoms with E-state index in [1.54, 1.807) is 13.2 Å². The van der Waals surface area contributed by atoms with Gasteiger partial charge in [-0.25, -0.2) is 4.79 Å². The molecule has 1 aromatic carbocycles. The zero-order valence-corrected chi connectivity index (χ0v) is 13.1. The van der Waals surface area contributed by atoms with Crippen LogP contribution in [0, 0.1) is 5.92 Å². The predicted octanol–water partition coefficient (Wildman–Crippen LogP) is 3.74. The van der Waals surface area contributed by atoms with E-state index in [0.29, 0.717) is 12.5 Å². The summed E-state index contributed by atoms with van der Waals surface area (Å²) in [6.45, 7) is 6.84. The quantitative estimate of drug-likeness (QED) is 0.741. The molecule has 0 bridgehead atoms. The molecule has 1 atom stereocenters. The summed E-state index contributed by atoms with van der Waals surface area (Å²) in [5, 5.41) is 8.67. The van der Waals surface area contributed by atoms with Crippen molar-refractivity contribution < 1.29 is 19.4 Å². The summed E-state index contributed by atoms with van der Waals surface area (Å²) in [7, 11) is 1.61. The molecule has 0 aliphatic carbocycles. The molecule has 1 aromatic rings. The average Bonchev–Trinajstić information content (AvgIpc) is 2.42. The van der Waals surface area contributed by atoms with Crippen molar-refractivity contribution in [2.75, 3.05) is 7.11 Å². The summed E-state index contributed by atoms with van der Waals surface area (Å²) in [6, 6.07) is 5.53. The fourth-order valence-corrected chi connectivity index (χ4v) is 2.15. The van der Waals surface area contributed by atoms with Crippen LogP contribution >= 0.6 is 0 Å². The van der Waals surface area contributed by atoms with Gasteiger partial charge < -0.3 is 14.6 Å². The SMILES string of the molecule is COc1ccc(C=CC(=O)O)cc1COC(C)CC(C)C.